The third-order valence-corrected chi connectivity index (χ3v) is 3.06. The lowest BCUT2D eigenvalue weighted by molar-refractivity contribution is 0.627. The van der Waals surface area contributed by atoms with Gasteiger partial charge >= 0.3 is 0 Å². The minimum absolute atomic E-state index is 0.288. The van der Waals surface area contributed by atoms with Crippen molar-refractivity contribution in [2.75, 3.05) is 10.6 Å². The monoisotopic (exact) mass is 313 g/mol. The summed E-state index contributed by atoms with van der Waals surface area (Å²) in [4.78, 5) is 4.21. The van der Waals surface area contributed by atoms with Crippen molar-refractivity contribution >= 4 is 17.5 Å². The number of para-hydroxylation sites is 1. The van der Waals surface area contributed by atoms with Crippen molar-refractivity contribution in [3.05, 3.63) is 71.9 Å². The van der Waals surface area contributed by atoms with Gasteiger partial charge in [0.25, 0.3) is 0 Å². The summed E-state index contributed by atoms with van der Waals surface area (Å²) in [7, 11) is 0. The molecule has 0 amide bonds. The number of nitrogens with zero attached hydrogens (tertiary/aromatic N) is 3. The first-order valence-electron chi connectivity index (χ1n) is 6.90. The van der Waals surface area contributed by atoms with Gasteiger partial charge < -0.3 is 10.6 Å². The summed E-state index contributed by atoms with van der Waals surface area (Å²) in [5.74, 6) is -0.0166. The zero-order valence-corrected chi connectivity index (χ0v) is 12.0. The van der Waals surface area contributed by atoms with E-state index in [-0.39, 0.29) is 17.6 Å². The van der Waals surface area contributed by atoms with Crippen LogP contribution in [-0.2, 0) is 6.54 Å². The molecule has 0 aliphatic heterocycles. The van der Waals surface area contributed by atoms with Gasteiger partial charge in [0.15, 0.2) is 5.82 Å². The Bertz CT molecular complexity index is 792. The van der Waals surface area contributed by atoms with E-state index in [2.05, 4.69) is 25.8 Å². The highest BCUT2D eigenvalue weighted by molar-refractivity contribution is 5.56. The smallest absolute Gasteiger partial charge is 0.244 e. The lowest BCUT2D eigenvalue weighted by atomic mass is 10.2. The number of benzene rings is 2. The van der Waals surface area contributed by atoms with Crippen molar-refractivity contribution in [3.63, 3.8) is 0 Å². The summed E-state index contributed by atoms with van der Waals surface area (Å²) in [6, 6.07) is 12.4. The molecule has 0 radical (unpaired) electrons. The molecule has 0 aliphatic carbocycles. The van der Waals surface area contributed by atoms with E-state index in [1.54, 1.807) is 30.3 Å². The topological polar surface area (TPSA) is 62.7 Å². The largest absolute Gasteiger partial charge is 0.349 e. The van der Waals surface area contributed by atoms with Crippen molar-refractivity contribution in [2.24, 2.45) is 0 Å². The highest BCUT2D eigenvalue weighted by atomic mass is 19.1. The minimum Gasteiger partial charge on any atom is -0.349 e. The Kier molecular flexibility index (Phi) is 4.37. The van der Waals surface area contributed by atoms with Gasteiger partial charge in [-0.15, -0.1) is 5.10 Å². The molecule has 0 unspecified atom stereocenters. The molecule has 0 saturated carbocycles. The van der Waals surface area contributed by atoms with Gasteiger partial charge in [0.1, 0.15) is 11.6 Å². The molecule has 0 aliphatic rings. The summed E-state index contributed by atoms with van der Waals surface area (Å²) >= 11 is 0. The molecular formula is C16H13F2N5. The Labute approximate surface area is 131 Å². The highest BCUT2D eigenvalue weighted by Gasteiger charge is 2.04. The fourth-order valence-electron chi connectivity index (χ4n) is 1.92. The van der Waals surface area contributed by atoms with Gasteiger partial charge in [0, 0.05) is 6.54 Å². The Morgan fingerprint density at radius 3 is 2.52 bits per heavy atom. The molecule has 2 N–H and O–H groups in total. The van der Waals surface area contributed by atoms with Crippen LogP contribution in [-0.4, -0.2) is 15.2 Å². The molecule has 3 rings (SSSR count). The first kappa shape index (κ1) is 14.8. The van der Waals surface area contributed by atoms with Crippen LogP contribution in [0.25, 0.3) is 0 Å². The number of hydrogen-bond acceptors (Lipinski definition) is 5. The average Bonchev–Trinajstić information content (AvgIpc) is 2.57. The quantitative estimate of drug-likeness (QED) is 0.755. The first-order valence-corrected chi connectivity index (χ1v) is 6.90. The summed E-state index contributed by atoms with van der Waals surface area (Å²) in [5, 5.41) is 13.5. The molecule has 0 atom stereocenters. The zero-order valence-electron chi connectivity index (χ0n) is 12.0. The maximum atomic E-state index is 13.6. The number of halogens is 2. The van der Waals surface area contributed by atoms with Crippen LogP contribution < -0.4 is 10.6 Å². The SMILES string of the molecule is Fc1ccc(CNc2nncc(Nc3ccccc3F)n2)cc1. The standard InChI is InChI=1S/C16H13F2N5/c17-12-7-5-11(6-8-12)9-19-16-22-15(10-20-23-16)21-14-4-2-1-3-13(14)18/h1-8,10H,9H2,(H2,19,21,22,23). The molecule has 7 heteroatoms. The number of aromatic nitrogens is 3. The highest BCUT2D eigenvalue weighted by Crippen LogP contribution is 2.17. The van der Waals surface area contributed by atoms with E-state index in [1.165, 1.54) is 24.4 Å². The molecule has 116 valence electrons. The Morgan fingerprint density at radius 2 is 1.74 bits per heavy atom. The van der Waals surface area contributed by atoms with Gasteiger partial charge in [0.2, 0.25) is 5.95 Å². The molecule has 1 heterocycles. The first-order chi connectivity index (χ1) is 11.2. The van der Waals surface area contributed by atoms with Gasteiger partial charge in [-0.25, -0.2) is 8.78 Å². The van der Waals surface area contributed by atoms with E-state index in [9.17, 15) is 8.78 Å². The fraction of sp³-hybridized carbons (Fsp3) is 0.0625. The third-order valence-electron chi connectivity index (χ3n) is 3.06. The van der Waals surface area contributed by atoms with Gasteiger partial charge in [-0.1, -0.05) is 24.3 Å². The second-order valence-electron chi connectivity index (χ2n) is 4.75. The van der Waals surface area contributed by atoms with Crippen LogP contribution in [0.3, 0.4) is 0 Å². The normalized spacial score (nSPS) is 10.3. The molecule has 1 aromatic heterocycles. The molecule has 0 bridgehead atoms. The van der Waals surface area contributed by atoms with Crippen molar-refractivity contribution < 1.29 is 8.78 Å². The fourth-order valence-corrected chi connectivity index (χ4v) is 1.92. The molecule has 0 saturated heterocycles. The maximum Gasteiger partial charge on any atom is 0.244 e. The number of anilines is 3. The average molecular weight is 313 g/mol. The van der Waals surface area contributed by atoms with Crippen LogP contribution in [0.15, 0.2) is 54.7 Å². The van der Waals surface area contributed by atoms with Crippen LogP contribution in [0.4, 0.5) is 26.2 Å². The molecule has 3 aromatic rings. The van der Waals surface area contributed by atoms with E-state index in [0.29, 0.717) is 18.1 Å². The molecule has 0 fully saturated rings. The summed E-state index contributed by atoms with van der Waals surface area (Å²) in [6.07, 6.45) is 1.40. The van der Waals surface area contributed by atoms with E-state index in [0.717, 1.165) is 5.56 Å². The number of hydrogen-bond donors (Lipinski definition) is 2. The molecule has 5 nitrogen and oxygen atoms in total. The molecule has 2 aromatic carbocycles. The third kappa shape index (κ3) is 3.97. The maximum absolute atomic E-state index is 13.6. The number of rotatable bonds is 5. The summed E-state index contributed by atoms with van der Waals surface area (Å²) in [6.45, 7) is 0.422. The van der Waals surface area contributed by atoms with Crippen molar-refractivity contribution in [1.82, 2.24) is 15.2 Å². The van der Waals surface area contributed by atoms with Gasteiger partial charge in [-0.3, -0.25) is 0 Å². The van der Waals surface area contributed by atoms with Gasteiger partial charge in [0.05, 0.1) is 11.9 Å². The minimum atomic E-state index is -0.382. The zero-order chi connectivity index (χ0) is 16.1. The number of nitrogens with one attached hydrogen (secondary N) is 2. The second-order valence-corrected chi connectivity index (χ2v) is 4.75. The Hall–Kier alpha value is -3.09. The van der Waals surface area contributed by atoms with Crippen LogP contribution in [0.2, 0.25) is 0 Å². The predicted octanol–water partition coefficient (Wildman–Crippen LogP) is 3.51. The second kappa shape index (κ2) is 6.78. The Morgan fingerprint density at radius 1 is 0.957 bits per heavy atom. The molecular weight excluding hydrogens is 300 g/mol. The lowest BCUT2D eigenvalue weighted by Gasteiger charge is -2.08. The van der Waals surface area contributed by atoms with E-state index in [4.69, 9.17) is 0 Å². The van der Waals surface area contributed by atoms with Crippen LogP contribution in [0, 0.1) is 11.6 Å². The van der Waals surface area contributed by atoms with E-state index < -0.39 is 0 Å². The van der Waals surface area contributed by atoms with Crippen LogP contribution in [0.1, 0.15) is 5.56 Å². The summed E-state index contributed by atoms with van der Waals surface area (Å²) in [5.41, 5.74) is 1.18. The molecule has 0 spiro atoms. The van der Waals surface area contributed by atoms with Crippen molar-refractivity contribution in [2.45, 2.75) is 6.54 Å². The summed E-state index contributed by atoms with van der Waals surface area (Å²) < 4.78 is 26.5. The van der Waals surface area contributed by atoms with Crippen molar-refractivity contribution in [1.29, 1.82) is 0 Å². The van der Waals surface area contributed by atoms with Gasteiger partial charge in [-0.05, 0) is 29.8 Å². The van der Waals surface area contributed by atoms with Crippen LogP contribution in [0.5, 0.6) is 0 Å². The van der Waals surface area contributed by atoms with Crippen LogP contribution >= 0.6 is 0 Å². The lowest BCUT2D eigenvalue weighted by Crippen LogP contribution is -2.06. The van der Waals surface area contributed by atoms with E-state index in [1.807, 2.05) is 0 Å². The Balaban J connectivity index is 1.67. The molecule has 23 heavy (non-hydrogen) atoms. The predicted molar refractivity (Wildman–Crippen MR) is 83.2 cm³/mol. The van der Waals surface area contributed by atoms with Gasteiger partial charge in [-0.2, -0.15) is 10.1 Å². The van der Waals surface area contributed by atoms with E-state index >= 15 is 0 Å². The van der Waals surface area contributed by atoms with Crippen molar-refractivity contribution in [3.8, 4) is 0 Å².